The van der Waals surface area contributed by atoms with E-state index in [1.54, 1.807) is 12.1 Å². The van der Waals surface area contributed by atoms with Crippen LogP contribution in [0.5, 0.6) is 5.75 Å². The molecule has 0 unspecified atom stereocenters. The minimum atomic E-state index is -0.333. The monoisotopic (exact) mass is 378 g/mol. The van der Waals surface area contributed by atoms with Crippen molar-refractivity contribution in [2.75, 3.05) is 0 Å². The van der Waals surface area contributed by atoms with Crippen molar-refractivity contribution in [1.82, 2.24) is 5.01 Å². The first-order valence-electron chi connectivity index (χ1n) is 8.82. The summed E-state index contributed by atoms with van der Waals surface area (Å²) in [6.45, 7) is 0. The van der Waals surface area contributed by atoms with Crippen molar-refractivity contribution in [3.63, 3.8) is 0 Å². The molecule has 0 fully saturated rings. The zero-order chi connectivity index (χ0) is 18.4. The lowest BCUT2D eigenvalue weighted by atomic mass is 9.96. The number of hydrogen-bond acceptors (Lipinski definition) is 3. The van der Waals surface area contributed by atoms with Crippen molar-refractivity contribution in [3.8, 4) is 5.75 Å². The van der Waals surface area contributed by atoms with E-state index < -0.39 is 0 Å². The van der Waals surface area contributed by atoms with Crippen LogP contribution in [0.4, 0.5) is 4.39 Å². The highest BCUT2D eigenvalue weighted by molar-refractivity contribution is 6.30. The quantitative estimate of drug-likeness (QED) is 0.569. The maximum atomic E-state index is 13.3. The second kappa shape index (κ2) is 6.39. The fraction of sp³-hybridized carbons (Fsp3) is 0.136. The van der Waals surface area contributed by atoms with Gasteiger partial charge in [0.05, 0.1) is 11.8 Å². The van der Waals surface area contributed by atoms with Crippen molar-refractivity contribution in [1.29, 1.82) is 0 Å². The van der Waals surface area contributed by atoms with Gasteiger partial charge in [0.2, 0.25) is 6.23 Å². The van der Waals surface area contributed by atoms with Gasteiger partial charge in [-0.1, -0.05) is 54.1 Å². The van der Waals surface area contributed by atoms with E-state index in [0.717, 1.165) is 34.6 Å². The minimum absolute atomic E-state index is 0.0793. The molecule has 3 aromatic carbocycles. The molecule has 0 N–H and O–H groups in total. The molecule has 0 bridgehead atoms. The third-order valence-electron chi connectivity index (χ3n) is 5.03. The van der Waals surface area contributed by atoms with Crippen molar-refractivity contribution < 1.29 is 9.13 Å². The van der Waals surface area contributed by atoms with Gasteiger partial charge in [-0.2, -0.15) is 5.10 Å². The van der Waals surface area contributed by atoms with Gasteiger partial charge in [0.15, 0.2) is 0 Å². The first kappa shape index (κ1) is 16.3. The van der Waals surface area contributed by atoms with Gasteiger partial charge in [0, 0.05) is 22.6 Å². The summed E-state index contributed by atoms with van der Waals surface area (Å²) in [5.41, 5.74) is 3.96. The number of ether oxygens (including phenoxy) is 1. The Labute approximate surface area is 161 Å². The Bertz CT molecular complexity index is 1020. The third kappa shape index (κ3) is 2.86. The molecule has 5 heteroatoms. The average molecular weight is 379 g/mol. The topological polar surface area (TPSA) is 24.8 Å². The van der Waals surface area contributed by atoms with Crippen molar-refractivity contribution in [2.24, 2.45) is 5.10 Å². The number of fused-ring (bicyclic) bond motifs is 3. The largest absolute Gasteiger partial charge is 0.464 e. The summed E-state index contributed by atoms with van der Waals surface area (Å²) in [7, 11) is 0. The van der Waals surface area contributed by atoms with E-state index in [0.29, 0.717) is 5.02 Å². The normalized spacial score (nSPS) is 20.5. The van der Waals surface area contributed by atoms with E-state index in [4.69, 9.17) is 21.4 Å². The minimum Gasteiger partial charge on any atom is -0.464 e. The average Bonchev–Trinajstić information content (AvgIpc) is 3.14. The SMILES string of the molecule is Fc1ccc(C2=NN3[C@H](C2)c2ccccc2O[C@H]3c2ccc(Cl)cc2)cc1. The molecule has 2 atom stereocenters. The molecule has 3 aromatic rings. The van der Waals surface area contributed by atoms with Crippen LogP contribution in [0.15, 0.2) is 77.9 Å². The van der Waals surface area contributed by atoms with E-state index in [1.807, 2.05) is 47.5 Å². The maximum Gasteiger partial charge on any atom is 0.213 e. The summed E-state index contributed by atoms with van der Waals surface area (Å²) in [5.74, 6) is 0.622. The predicted molar refractivity (Wildman–Crippen MR) is 103 cm³/mol. The Morgan fingerprint density at radius 1 is 0.963 bits per heavy atom. The van der Waals surface area contributed by atoms with Crippen LogP contribution in [-0.4, -0.2) is 10.7 Å². The highest BCUT2D eigenvalue weighted by Crippen LogP contribution is 2.47. The van der Waals surface area contributed by atoms with Crippen LogP contribution in [0.2, 0.25) is 5.02 Å². The van der Waals surface area contributed by atoms with Gasteiger partial charge in [0.1, 0.15) is 11.6 Å². The Morgan fingerprint density at radius 2 is 1.70 bits per heavy atom. The Morgan fingerprint density at radius 3 is 2.48 bits per heavy atom. The van der Waals surface area contributed by atoms with Crippen molar-refractivity contribution in [2.45, 2.75) is 18.7 Å². The first-order valence-corrected chi connectivity index (χ1v) is 9.19. The van der Waals surface area contributed by atoms with Gasteiger partial charge < -0.3 is 4.74 Å². The summed E-state index contributed by atoms with van der Waals surface area (Å²) in [6.07, 6.45) is 0.413. The fourth-order valence-electron chi connectivity index (χ4n) is 3.70. The van der Waals surface area contributed by atoms with E-state index in [9.17, 15) is 4.39 Å². The highest BCUT2D eigenvalue weighted by atomic mass is 35.5. The van der Waals surface area contributed by atoms with Crippen LogP contribution < -0.4 is 4.74 Å². The summed E-state index contributed by atoms with van der Waals surface area (Å²) in [6, 6.07) is 22.3. The lowest BCUT2D eigenvalue weighted by Crippen LogP contribution is -2.33. The summed E-state index contributed by atoms with van der Waals surface area (Å²) < 4.78 is 19.6. The lowest BCUT2D eigenvalue weighted by molar-refractivity contribution is -0.0190. The lowest BCUT2D eigenvalue weighted by Gasteiger charge is -2.38. The molecule has 2 aliphatic rings. The third-order valence-corrected chi connectivity index (χ3v) is 5.28. The fourth-order valence-corrected chi connectivity index (χ4v) is 3.82. The molecule has 0 saturated heterocycles. The number of rotatable bonds is 2. The molecule has 0 aromatic heterocycles. The number of hydrogen-bond donors (Lipinski definition) is 0. The number of para-hydroxylation sites is 1. The molecule has 0 radical (unpaired) electrons. The number of halogens is 2. The standard InChI is InChI=1S/C22H16ClFN2O/c23-16-9-5-15(6-10-16)22-26-20(18-3-1-2-4-21(18)27-22)13-19(25-26)14-7-11-17(24)12-8-14/h1-12,20,22H,13H2/t20-,22+/m1/s1. The molecular formula is C22H16ClFN2O. The molecule has 2 heterocycles. The van der Waals surface area contributed by atoms with Crippen LogP contribution in [0.3, 0.4) is 0 Å². The molecule has 2 aliphatic heterocycles. The number of nitrogens with zero attached hydrogens (tertiary/aromatic N) is 2. The summed E-state index contributed by atoms with van der Waals surface area (Å²) >= 11 is 6.05. The van der Waals surface area contributed by atoms with Gasteiger partial charge in [0.25, 0.3) is 0 Å². The van der Waals surface area contributed by atoms with Gasteiger partial charge >= 0.3 is 0 Å². The maximum absolute atomic E-state index is 13.3. The number of hydrazone groups is 1. The smallest absolute Gasteiger partial charge is 0.213 e. The Hall–Kier alpha value is -2.85. The summed E-state index contributed by atoms with van der Waals surface area (Å²) in [5, 5.41) is 7.55. The van der Waals surface area contributed by atoms with Gasteiger partial charge in [-0.05, 0) is 35.9 Å². The van der Waals surface area contributed by atoms with Crippen LogP contribution >= 0.6 is 11.6 Å². The van der Waals surface area contributed by atoms with Crippen LogP contribution in [0.1, 0.15) is 35.4 Å². The molecule has 0 aliphatic carbocycles. The van der Waals surface area contributed by atoms with Gasteiger partial charge in [-0.15, -0.1) is 0 Å². The predicted octanol–water partition coefficient (Wildman–Crippen LogP) is 5.72. The number of benzene rings is 3. The molecule has 134 valence electrons. The van der Waals surface area contributed by atoms with E-state index in [-0.39, 0.29) is 18.1 Å². The zero-order valence-electron chi connectivity index (χ0n) is 14.3. The van der Waals surface area contributed by atoms with E-state index >= 15 is 0 Å². The zero-order valence-corrected chi connectivity index (χ0v) is 15.1. The van der Waals surface area contributed by atoms with Crippen molar-refractivity contribution >= 4 is 17.3 Å². The van der Waals surface area contributed by atoms with E-state index in [1.165, 1.54) is 12.1 Å². The molecule has 27 heavy (non-hydrogen) atoms. The molecule has 3 nitrogen and oxygen atoms in total. The van der Waals surface area contributed by atoms with Crippen molar-refractivity contribution in [3.05, 3.63) is 100 Å². The summed E-state index contributed by atoms with van der Waals surface area (Å²) in [4.78, 5) is 0. The van der Waals surface area contributed by atoms with Crippen LogP contribution in [0, 0.1) is 5.82 Å². The second-order valence-electron chi connectivity index (χ2n) is 6.71. The second-order valence-corrected chi connectivity index (χ2v) is 7.15. The van der Waals surface area contributed by atoms with E-state index in [2.05, 4.69) is 6.07 Å². The molecular weight excluding hydrogens is 363 g/mol. The first-order chi connectivity index (χ1) is 13.2. The molecule has 5 rings (SSSR count). The van der Waals surface area contributed by atoms with Gasteiger partial charge in [-0.3, -0.25) is 0 Å². The highest BCUT2D eigenvalue weighted by Gasteiger charge is 2.40. The van der Waals surface area contributed by atoms with Crippen LogP contribution in [0.25, 0.3) is 0 Å². The van der Waals surface area contributed by atoms with Crippen LogP contribution in [-0.2, 0) is 0 Å². The Kier molecular flexibility index (Phi) is 3.87. The molecule has 0 spiro atoms. The molecule has 0 saturated carbocycles. The molecule has 0 amide bonds. The Balaban J connectivity index is 1.58. The van der Waals surface area contributed by atoms with Gasteiger partial charge in [-0.25, -0.2) is 9.40 Å².